The number of hydrogen-bond donors (Lipinski definition) is 1. The maximum atomic E-state index is 5.42. The SMILES string of the molecule is CC(Cc1cccs1)N(C)CCOCCS. The molecule has 1 atom stereocenters. The van der Waals surface area contributed by atoms with Gasteiger partial charge in [-0.05, 0) is 31.8 Å². The Morgan fingerprint density at radius 1 is 1.50 bits per heavy atom. The molecule has 1 aromatic heterocycles. The van der Waals surface area contributed by atoms with Crippen LogP contribution in [0.5, 0.6) is 0 Å². The Bertz CT molecular complexity index is 264. The van der Waals surface area contributed by atoms with Gasteiger partial charge in [0.2, 0.25) is 0 Å². The van der Waals surface area contributed by atoms with E-state index in [4.69, 9.17) is 4.74 Å². The average Bonchev–Trinajstić information content (AvgIpc) is 2.76. The van der Waals surface area contributed by atoms with Crippen LogP contribution in [0.15, 0.2) is 17.5 Å². The Labute approximate surface area is 108 Å². The molecular formula is C12H21NOS2. The third-order valence-electron chi connectivity index (χ3n) is 2.65. The van der Waals surface area contributed by atoms with Gasteiger partial charge < -0.3 is 9.64 Å². The van der Waals surface area contributed by atoms with E-state index in [-0.39, 0.29) is 0 Å². The molecule has 0 aliphatic heterocycles. The van der Waals surface area contributed by atoms with Crippen LogP contribution in [0.1, 0.15) is 11.8 Å². The van der Waals surface area contributed by atoms with Gasteiger partial charge in [0.05, 0.1) is 13.2 Å². The fourth-order valence-corrected chi connectivity index (χ4v) is 2.43. The summed E-state index contributed by atoms with van der Waals surface area (Å²) in [5.74, 6) is 0.800. The van der Waals surface area contributed by atoms with E-state index >= 15 is 0 Å². The summed E-state index contributed by atoms with van der Waals surface area (Å²) >= 11 is 5.94. The summed E-state index contributed by atoms with van der Waals surface area (Å²) in [5.41, 5.74) is 0. The Morgan fingerprint density at radius 2 is 2.31 bits per heavy atom. The third kappa shape index (κ3) is 5.34. The minimum Gasteiger partial charge on any atom is -0.379 e. The highest BCUT2D eigenvalue weighted by Gasteiger charge is 2.09. The molecule has 16 heavy (non-hydrogen) atoms. The fraction of sp³-hybridized carbons (Fsp3) is 0.667. The van der Waals surface area contributed by atoms with Gasteiger partial charge in [0.1, 0.15) is 0 Å². The van der Waals surface area contributed by atoms with Crippen molar-refractivity contribution in [3.8, 4) is 0 Å². The van der Waals surface area contributed by atoms with Gasteiger partial charge in [0, 0.05) is 23.2 Å². The third-order valence-corrected chi connectivity index (χ3v) is 3.73. The van der Waals surface area contributed by atoms with Gasteiger partial charge in [-0.25, -0.2) is 0 Å². The van der Waals surface area contributed by atoms with Gasteiger partial charge >= 0.3 is 0 Å². The van der Waals surface area contributed by atoms with Crippen molar-refractivity contribution in [1.82, 2.24) is 4.90 Å². The summed E-state index contributed by atoms with van der Waals surface area (Å²) in [7, 11) is 2.16. The van der Waals surface area contributed by atoms with E-state index < -0.39 is 0 Å². The van der Waals surface area contributed by atoms with Crippen molar-refractivity contribution < 1.29 is 4.74 Å². The van der Waals surface area contributed by atoms with Crippen molar-refractivity contribution in [3.63, 3.8) is 0 Å². The molecule has 0 saturated carbocycles. The zero-order valence-corrected chi connectivity index (χ0v) is 11.8. The highest BCUT2D eigenvalue weighted by Crippen LogP contribution is 2.13. The van der Waals surface area contributed by atoms with Crippen LogP contribution >= 0.6 is 24.0 Å². The summed E-state index contributed by atoms with van der Waals surface area (Å²) in [5, 5.41) is 2.14. The quantitative estimate of drug-likeness (QED) is 0.569. The number of hydrogen-bond acceptors (Lipinski definition) is 4. The zero-order chi connectivity index (χ0) is 11.8. The molecule has 0 amide bonds. The van der Waals surface area contributed by atoms with E-state index in [1.807, 2.05) is 11.3 Å². The molecule has 0 radical (unpaired) electrons. The fourth-order valence-electron chi connectivity index (χ4n) is 1.47. The first-order valence-corrected chi connectivity index (χ1v) is 7.16. The molecule has 0 spiro atoms. The van der Waals surface area contributed by atoms with Crippen molar-refractivity contribution in [2.75, 3.05) is 32.6 Å². The number of ether oxygens (including phenoxy) is 1. The first-order valence-electron chi connectivity index (χ1n) is 5.65. The van der Waals surface area contributed by atoms with Gasteiger partial charge in [0.15, 0.2) is 0 Å². The summed E-state index contributed by atoms with van der Waals surface area (Å²) in [6, 6.07) is 4.88. The smallest absolute Gasteiger partial charge is 0.0593 e. The van der Waals surface area contributed by atoms with Crippen LogP contribution in [0.3, 0.4) is 0 Å². The molecular weight excluding hydrogens is 238 g/mol. The van der Waals surface area contributed by atoms with E-state index in [9.17, 15) is 0 Å². The molecule has 0 aromatic carbocycles. The molecule has 92 valence electrons. The van der Waals surface area contributed by atoms with E-state index in [0.29, 0.717) is 6.04 Å². The lowest BCUT2D eigenvalue weighted by Gasteiger charge is -2.24. The lowest BCUT2D eigenvalue weighted by molar-refractivity contribution is 0.112. The molecule has 0 N–H and O–H groups in total. The monoisotopic (exact) mass is 259 g/mol. The Kier molecular flexibility index (Phi) is 7.12. The molecule has 4 heteroatoms. The number of rotatable bonds is 8. The highest BCUT2D eigenvalue weighted by molar-refractivity contribution is 7.80. The van der Waals surface area contributed by atoms with E-state index in [1.54, 1.807) is 0 Å². The summed E-state index contributed by atoms with van der Waals surface area (Å²) < 4.78 is 5.42. The number of thiophene rings is 1. The molecule has 0 fully saturated rings. The summed E-state index contributed by atoms with van der Waals surface area (Å²) in [6.45, 7) is 4.79. The standard InChI is InChI=1S/C12H21NOS2/c1-11(10-12-4-3-9-16-12)13(2)5-6-14-7-8-15/h3-4,9,11,15H,5-8,10H2,1-2H3. The lowest BCUT2D eigenvalue weighted by atomic mass is 10.2. The van der Waals surface area contributed by atoms with E-state index in [2.05, 4.69) is 49.0 Å². The maximum absolute atomic E-state index is 5.42. The van der Waals surface area contributed by atoms with Gasteiger partial charge in [-0.2, -0.15) is 12.6 Å². The second-order valence-corrected chi connectivity index (χ2v) is 5.43. The van der Waals surface area contributed by atoms with Gasteiger partial charge in [-0.1, -0.05) is 6.07 Å². The minimum absolute atomic E-state index is 0.568. The second kappa shape index (κ2) is 8.12. The van der Waals surface area contributed by atoms with Crippen molar-refractivity contribution in [2.24, 2.45) is 0 Å². The van der Waals surface area contributed by atoms with Crippen LogP contribution in [0.4, 0.5) is 0 Å². The van der Waals surface area contributed by atoms with Crippen LogP contribution in [-0.4, -0.2) is 43.5 Å². The van der Waals surface area contributed by atoms with Crippen LogP contribution in [0, 0.1) is 0 Å². The highest BCUT2D eigenvalue weighted by atomic mass is 32.1. The molecule has 2 nitrogen and oxygen atoms in total. The van der Waals surface area contributed by atoms with Crippen molar-refractivity contribution in [1.29, 1.82) is 0 Å². The lowest BCUT2D eigenvalue weighted by Crippen LogP contribution is -2.33. The molecule has 0 bridgehead atoms. The van der Waals surface area contributed by atoms with Crippen molar-refractivity contribution in [3.05, 3.63) is 22.4 Å². The maximum Gasteiger partial charge on any atom is 0.0593 e. The summed E-state index contributed by atoms with van der Waals surface area (Å²) in [6.07, 6.45) is 1.13. The number of likely N-dealkylation sites (N-methyl/N-ethyl adjacent to an activating group) is 1. The van der Waals surface area contributed by atoms with Crippen LogP contribution < -0.4 is 0 Å². The Balaban J connectivity index is 2.17. The molecule has 0 aliphatic rings. The van der Waals surface area contributed by atoms with Gasteiger partial charge in [-0.15, -0.1) is 11.3 Å². The van der Waals surface area contributed by atoms with Crippen LogP contribution in [-0.2, 0) is 11.2 Å². The summed E-state index contributed by atoms with van der Waals surface area (Å²) in [4.78, 5) is 3.80. The topological polar surface area (TPSA) is 12.5 Å². The van der Waals surface area contributed by atoms with Gasteiger partial charge in [0.25, 0.3) is 0 Å². The number of thiol groups is 1. The van der Waals surface area contributed by atoms with Crippen LogP contribution in [0.2, 0.25) is 0 Å². The molecule has 0 saturated heterocycles. The largest absolute Gasteiger partial charge is 0.379 e. The number of nitrogens with zero attached hydrogens (tertiary/aromatic N) is 1. The average molecular weight is 259 g/mol. The molecule has 1 aromatic rings. The Hall–Kier alpha value is -0.0300. The zero-order valence-electron chi connectivity index (χ0n) is 10.1. The molecule has 1 heterocycles. The second-order valence-electron chi connectivity index (χ2n) is 3.95. The van der Waals surface area contributed by atoms with Gasteiger partial charge in [-0.3, -0.25) is 0 Å². The minimum atomic E-state index is 0.568. The first-order chi connectivity index (χ1) is 7.74. The predicted molar refractivity (Wildman–Crippen MR) is 74.8 cm³/mol. The first kappa shape index (κ1) is 14.0. The van der Waals surface area contributed by atoms with E-state index in [0.717, 1.165) is 31.9 Å². The molecule has 1 unspecified atom stereocenters. The normalized spacial score (nSPS) is 13.2. The predicted octanol–water partition coefficient (Wildman–Crippen LogP) is 2.56. The Morgan fingerprint density at radius 3 is 2.94 bits per heavy atom. The molecule has 0 aliphatic carbocycles. The molecule has 1 rings (SSSR count). The van der Waals surface area contributed by atoms with Crippen molar-refractivity contribution >= 4 is 24.0 Å². The van der Waals surface area contributed by atoms with Crippen LogP contribution in [0.25, 0.3) is 0 Å². The van der Waals surface area contributed by atoms with Crippen molar-refractivity contribution in [2.45, 2.75) is 19.4 Å². The van der Waals surface area contributed by atoms with E-state index in [1.165, 1.54) is 4.88 Å².